The van der Waals surface area contributed by atoms with Crippen molar-refractivity contribution in [2.45, 2.75) is 26.4 Å². The second-order valence-electron chi connectivity index (χ2n) is 7.18. The number of carbonyl (C=O) groups excluding carboxylic acids is 2. The highest BCUT2D eigenvalue weighted by Crippen LogP contribution is 2.38. The van der Waals surface area contributed by atoms with E-state index in [2.05, 4.69) is 21.2 Å². The molecular weight excluding hydrogens is 512 g/mol. The smallest absolute Gasteiger partial charge is 0.335 e. The second kappa shape index (κ2) is 10.1. The van der Waals surface area contributed by atoms with Gasteiger partial charge in [-0.05, 0) is 89.5 Å². The van der Waals surface area contributed by atoms with Crippen molar-refractivity contribution in [1.82, 2.24) is 5.32 Å². The Morgan fingerprint density at radius 3 is 2.52 bits per heavy atom. The summed E-state index contributed by atoms with van der Waals surface area (Å²) in [5.41, 5.74) is 0.778. The van der Waals surface area contributed by atoms with Crippen molar-refractivity contribution >= 4 is 62.8 Å². The maximum atomic E-state index is 13.2. The number of aromatic carboxylic acids is 1. The molecule has 1 aliphatic heterocycles. The number of carboxylic acids is 1. The molecule has 0 aromatic heterocycles. The van der Waals surface area contributed by atoms with Crippen molar-refractivity contribution in [2.24, 2.45) is 0 Å². The van der Waals surface area contributed by atoms with Crippen molar-refractivity contribution in [3.05, 3.63) is 57.6 Å². The number of hydrogen-bond donors (Lipinski definition) is 2. The topological polar surface area (TPSA) is 105 Å². The molecule has 2 amide bonds. The van der Waals surface area contributed by atoms with E-state index in [1.807, 2.05) is 13.8 Å². The molecule has 0 radical (unpaired) electrons. The van der Waals surface area contributed by atoms with Crippen LogP contribution in [0.2, 0.25) is 0 Å². The molecular formula is C23H21BrN2O6S. The van der Waals surface area contributed by atoms with Crippen molar-refractivity contribution in [3.8, 4) is 11.5 Å². The molecule has 2 aromatic rings. The summed E-state index contributed by atoms with van der Waals surface area (Å²) in [4.78, 5) is 38.0. The predicted molar refractivity (Wildman–Crippen MR) is 131 cm³/mol. The maximum Gasteiger partial charge on any atom is 0.335 e. The largest absolute Gasteiger partial charge is 0.493 e. The Bertz CT molecular complexity index is 1160. The van der Waals surface area contributed by atoms with Crippen LogP contribution in [0.1, 0.15) is 36.2 Å². The van der Waals surface area contributed by atoms with E-state index in [1.54, 1.807) is 12.1 Å². The van der Waals surface area contributed by atoms with Gasteiger partial charge in [0.2, 0.25) is 0 Å². The summed E-state index contributed by atoms with van der Waals surface area (Å²) in [5.74, 6) is -1.41. The highest BCUT2D eigenvalue weighted by atomic mass is 79.9. The number of anilines is 1. The lowest BCUT2D eigenvalue weighted by molar-refractivity contribution is -0.122. The van der Waals surface area contributed by atoms with E-state index in [-0.39, 0.29) is 22.4 Å². The number of hydrogen-bond acceptors (Lipinski definition) is 6. The van der Waals surface area contributed by atoms with Crippen LogP contribution in [0.3, 0.4) is 0 Å². The molecule has 2 N–H and O–H groups in total. The molecule has 33 heavy (non-hydrogen) atoms. The lowest BCUT2D eigenvalue weighted by Crippen LogP contribution is -2.54. The van der Waals surface area contributed by atoms with E-state index in [9.17, 15) is 14.4 Å². The third kappa shape index (κ3) is 5.23. The van der Waals surface area contributed by atoms with E-state index in [0.29, 0.717) is 27.2 Å². The first-order valence-corrected chi connectivity index (χ1v) is 11.1. The Morgan fingerprint density at radius 2 is 1.94 bits per heavy atom. The Morgan fingerprint density at radius 1 is 1.27 bits per heavy atom. The SMILES string of the molecule is CC[C@@H](C)Oc1c(Br)cc(/C=C2\C(=O)NC(=S)N(c3ccc(C(=O)O)cc3)C2=O)cc1OC. The van der Waals surface area contributed by atoms with Crippen molar-refractivity contribution in [2.75, 3.05) is 12.0 Å². The molecule has 0 bridgehead atoms. The van der Waals surface area contributed by atoms with Gasteiger partial charge in [-0.1, -0.05) is 6.92 Å². The van der Waals surface area contributed by atoms with Crippen LogP contribution in [0.4, 0.5) is 5.69 Å². The predicted octanol–water partition coefficient (Wildman–Crippen LogP) is 4.16. The molecule has 2 aromatic carbocycles. The molecule has 172 valence electrons. The van der Waals surface area contributed by atoms with Gasteiger partial charge in [0, 0.05) is 0 Å². The second-order valence-corrected chi connectivity index (χ2v) is 8.42. The molecule has 0 unspecified atom stereocenters. The summed E-state index contributed by atoms with van der Waals surface area (Å²) in [6, 6.07) is 8.98. The van der Waals surface area contributed by atoms with E-state index >= 15 is 0 Å². The molecule has 0 aliphatic carbocycles. The molecule has 1 saturated heterocycles. The van der Waals surface area contributed by atoms with Crippen LogP contribution in [0.25, 0.3) is 6.08 Å². The molecule has 1 fully saturated rings. The van der Waals surface area contributed by atoms with Gasteiger partial charge in [-0.3, -0.25) is 19.8 Å². The molecule has 1 atom stereocenters. The lowest BCUT2D eigenvalue weighted by atomic mass is 10.1. The van der Waals surface area contributed by atoms with Crippen molar-refractivity contribution < 1.29 is 29.0 Å². The van der Waals surface area contributed by atoms with Gasteiger partial charge in [0.05, 0.1) is 28.9 Å². The Labute approximate surface area is 204 Å². The molecule has 10 heteroatoms. The first kappa shape index (κ1) is 24.4. The molecule has 1 heterocycles. The Kier molecular flexibility index (Phi) is 7.50. The number of carbonyl (C=O) groups is 3. The van der Waals surface area contributed by atoms with Crippen LogP contribution < -0.4 is 19.7 Å². The zero-order chi connectivity index (χ0) is 24.3. The third-order valence-electron chi connectivity index (χ3n) is 4.93. The number of methoxy groups -OCH3 is 1. The number of halogens is 1. The van der Waals surface area contributed by atoms with Gasteiger partial charge < -0.3 is 14.6 Å². The zero-order valence-electron chi connectivity index (χ0n) is 18.0. The highest BCUT2D eigenvalue weighted by molar-refractivity contribution is 9.10. The van der Waals surface area contributed by atoms with Crippen LogP contribution in [0.5, 0.6) is 11.5 Å². The van der Waals surface area contributed by atoms with E-state index in [0.717, 1.165) is 11.3 Å². The standard InChI is InChI=1S/C23H21BrN2O6S/c1-4-12(2)32-19-17(24)10-13(11-18(19)31-3)9-16-20(27)25-23(33)26(21(16)28)15-7-5-14(6-8-15)22(29)30/h5-12H,4H2,1-3H3,(H,29,30)(H,25,27,33)/b16-9+/t12-/m1/s1. The number of benzene rings is 2. The number of ether oxygens (including phenoxy) is 2. The lowest BCUT2D eigenvalue weighted by Gasteiger charge is -2.29. The number of nitrogens with one attached hydrogen (secondary N) is 1. The fraction of sp³-hybridized carbons (Fsp3) is 0.217. The van der Waals surface area contributed by atoms with E-state index in [4.69, 9.17) is 26.8 Å². The summed E-state index contributed by atoms with van der Waals surface area (Å²) in [6.45, 7) is 3.94. The Balaban J connectivity index is 1.99. The molecule has 0 saturated carbocycles. The minimum atomic E-state index is -1.09. The van der Waals surface area contributed by atoms with Gasteiger partial charge in [0.15, 0.2) is 16.6 Å². The van der Waals surface area contributed by atoms with Crippen LogP contribution in [-0.4, -0.2) is 41.2 Å². The normalized spacial score (nSPS) is 15.9. The van der Waals surface area contributed by atoms with Crippen LogP contribution in [-0.2, 0) is 9.59 Å². The van der Waals surface area contributed by atoms with Gasteiger partial charge in [-0.2, -0.15) is 0 Å². The molecule has 3 rings (SSSR count). The van der Waals surface area contributed by atoms with Gasteiger partial charge in [0.25, 0.3) is 11.8 Å². The van der Waals surface area contributed by atoms with Crippen molar-refractivity contribution in [3.63, 3.8) is 0 Å². The van der Waals surface area contributed by atoms with E-state index in [1.165, 1.54) is 37.5 Å². The average Bonchev–Trinajstić information content (AvgIpc) is 2.78. The fourth-order valence-electron chi connectivity index (χ4n) is 3.03. The molecule has 0 spiro atoms. The third-order valence-corrected chi connectivity index (χ3v) is 5.80. The van der Waals surface area contributed by atoms with Gasteiger partial charge in [-0.25, -0.2) is 4.79 Å². The van der Waals surface area contributed by atoms with Crippen LogP contribution >= 0.6 is 28.1 Å². The van der Waals surface area contributed by atoms with Crippen LogP contribution in [0.15, 0.2) is 46.4 Å². The van der Waals surface area contributed by atoms with Gasteiger partial charge in [-0.15, -0.1) is 0 Å². The summed E-state index contributed by atoms with van der Waals surface area (Å²) >= 11 is 8.65. The minimum Gasteiger partial charge on any atom is -0.493 e. The highest BCUT2D eigenvalue weighted by Gasteiger charge is 2.34. The summed E-state index contributed by atoms with van der Waals surface area (Å²) in [5, 5.41) is 11.5. The maximum absolute atomic E-state index is 13.2. The quantitative estimate of drug-likeness (QED) is 0.313. The fourth-order valence-corrected chi connectivity index (χ4v) is 3.87. The number of carboxylic acid groups (broad SMARTS) is 1. The molecule has 1 aliphatic rings. The monoisotopic (exact) mass is 532 g/mol. The zero-order valence-corrected chi connectivity index (χ0v) is 20.5. The molecule has 8 nitrogen and oxygen atoms in total. The summed E-state index contributed by atoms with van der Waals surface area (Å²) in [7, 11) is 1.50. The van der Waals surface area contributed by atoms with Gasteiger partial charge in [0.1, 0.15) is 5.57 Å². The summed E-state index contributed by atoms with van der Waals surface area (Å²) in [6.07, 6.45) is 2.20. The number of thiocarbonyl (C=S) groups is 1. The van der Waals surface area contributed by atoms with Gasteiger partial charge >= 0.3 is 5.97 Å². The number of nitrogens with zero attached hydrogens (tertiary/aromatic N) is 1. The number of rotatable bonds is 7. The Hall–Kier alpha value is -3.24. The van der Waals surface area contributed by atoms with Crippen LogP contribution in [0, 0.1) is 0 Å². The van der Waals surface area contributed by atoms with E-state index < -0.39 is 17.8 Å². The number of amides is 2. The summed E-state index contributed by atoms with van der Waals surface area (Å²) < 4.78 is 12.0. The minimum absolute atomic E-state index is 0.0350. The first-order chi connectivity index (χ1) is 15.7. The average molecular weight is 533 g/mol. The van der Waals surface area contributed by atoms with Crippen molar-refractivity contribution in [1.29, 1.82) is 0 Å². The first-order valence-electron chi connectivity index (χ1n) is 9.95.